The van der Waals surface area contributed by atoms with Crippen molar-refractivity contribution in [3.63, 3.8) is 0 Å². The second-order valence-corrected chi connectivity index (χ2v) is 5.57. The number of carbonyl (C=O) groups is 1. The van der Waals surface area contributed by atoms with Crippen molar-refractivity contribution >= 4 is 6.16 Å². The number of rotatable bonds is 12. The van der Waals surface area contributed by atoms with Crippen molar-refractivity contribution < 1.29 is 19.4 Å². The normalized spacial score (nSPS) is 12.2. The van der Waals surface area contributed by atoms with Crippen LogP contribution in [0.15, 0.2) is 24.3 Å². The number of ether oxygens (including phenoxy) is 2. The Bertz CT molecular complexity index is 324. The zero-order valence-corrected chi connectivity index (χ0v) is 14.3. The van der Waals surface area contributed by atoms with Crippen molar-refractivity contribution in [2.24, 2.45) is 0 Å². The van der Waals surface area contributed by atoms with Gasteiger partial charge in [0.2, 0.25) is 0 Å². The van der Waals surface area contributed by atoms with Crippen molar-refractivity contribution in [2.75, 3.05) is 13.7 Å². The quantitative estimate of drug-likeness (QED) is 0.320. The van der Waals surface area contributed by atoms with Crippen molar-refractivity contribution in [3.05, 3.63) is 24.3 Å². The number of methoxy groups -OCH3 is 1. The van der Waals surface area contributed by atoms with Crippen LogP contribution in [0.2, 0.25) is 0 Å². The van der Waals surface area contributed by atoms with Crippen LogP contribution in [-0.2, 0) is 9.47 Å². The Hall–Kier alpha value is -1.29. The minimum atomic E-state index is -0.724. The molecule has 0 atom stereocenters. The van der Waals surface area contributed by atoms with Gasteiger partial charge in [-0.2, -0.15) is 0 Å². The van der Waals surface area contributed by atoms with Gasteiger partial charge in [-0.1, -0.05) is 70.6 Å². The molecule has 128 valence electrons. The van der Waals surface area contributed by atoms with Crippen LogP contribution in [-0.4, -0.2) is 30.6 Å². The Morgan fingerprint density at radius 2 is 1.64 bits per heavy atom. The molecule has 0 radical (unpaired) electrons. The second-order valence-electron chi connectivity index (χ2n) is 5.57. The smallest absolute Gasteiger partial charge is 0.438 e. The molecule has 0 unspecified atom stereocenters. The lowest BCUT2D eigenvalue weighted by Gasteiger charge is -2.24. The first-order valence-electron chi connectivity index (χ1n) is 8.35. The Labute approximate surface area is 135 Å². The van der Waals surface area contributed by atoms with Crippen molar-refractivity contribution in [3.8, 4) is 0 Å². The summed E-state index contributed by atoms with van der Waals surface area (Å²) in [7, 11) is 1.28. The predicted octanol–water partition coefficient (Wildman–Crippen LogP) is 4.77. The molecule has 4 heteroatoms. The number of carbonyl (C=O) groups excluding carboxylic acids is 1. The van der Waals surface area contributed by atoms with Gasteiger partial charge >= 0.3 is 6.16 Å². The monoisotopic (exact) mass is 312 g/mol. The molecule has 0 aliphatic rings. The van der Waals surface area contributed by atoms with E-state index in [4.69, 9.17) is 4.74 Å². The lowest BCUT2D eigenvalue weighted by molar-refractivity contribution is 0.0665. The third-order valence-electron chi connectivity index (χ3n) is 3.54. The summed E-state index contributed by atoms with van der Waals surface area (Å²) in [4.78, 5) is 10.8. The third kappa shape index (κ3) is 11.4. The molecule has 0 saturated carbocycles. The zero-order valence-electron chi connectivity index (χ0n) is 14.3. The lowest BCUT2D eigenvalue weighted by atomic mass is 9.89. The van der Waals surface area contributed by atoms with Gasteiger partial charge in [0.05, 0.1) is 12.7 Å². The average Bonchev–Trinajstić information content (AvgIpc) is 2.51. The second kappa shape index (κ2) is 13.4. The summed E-state index contributed by atoms with van der Waals surface area (Å²) < 4.78 is 9.11. The summed E-state index contributed by atoms with van der Waals surface area (Å²) in [6.45, 7) is 4.49. The van der Waals surface area contributed by atoms with Gasteiger partial charge < -0.3 is 14.6 Å². The predicted molar refractivity (Wildman–Crippen MR) is 89.9 cm³/mol. The fourth-order valence-corrected chi connectivity index (χ4v) is 2.20. The molecular formula is C18H32O4. The molecule has 0 rings (SSSR count). The van der Waals surface area contributed by atoms with Gasteiger partial charge in [0.25, 0.3) is 0 Å². The van der Waals surface area contributed by atoms with Gasteiger partial charge in [-0.3, -0.25) is 0 Å². The van der Waals surface area contributed by atoms with Crippen molar-refractivity contribution in [2.45, 2.75) is 70.8 Å². The first kappa shape index (κ1) is 20.7. The molecule has 0 aromatic heterocycles. The van der Waals surface area contributed by atoms with Crippen molar-refractivity contribution in [1.29, 1.82) is 0 Å². The SMILES string of the molecule is CCCCCC(O)(/C=C\C=C\COC(=O)OC)CCCCC. The van der Waals surface area contributed by atoms with Crippen LogP contribution in [0.5, 0.6) is 0 Å². The van der Waals surface area contributed by atoms with E-state index in [-0.39, 0.29) is 6.61 Å². The lowest BCUT2D eigenvalue weighted by Crippen LogP contribution is -2.25. The van der Waals surface area contributed by atoms with Crippen LogP contribution < -0.4 is 0 Å². The number of hydrogen-bond acceptors (Lipinski definition) is 4. The maximum absolute atomic E-state index is 10.8. The first-order valence-corrected chi connectivity index (χ1v) is 8.35. The van der Waals surface area contributed by atoms with Gasteiger partial charge in [0.15, 0.2) is 0 Å². The van der Waals surface area contributed by atoms with Crippen LogP contribution in [0.25, 0.3) is 0 Å². The molecule has 4 nitrogen and oxygen atoms in total. The highest BCUT2D eigenvalue weighted by molar-refractivity contribution is 5.59. The van der Waals surface area contributed by atoms with Gasteiger partial charge in [-0.15, -0.1) is 0 Å². The number of unbranched alkanes of at least 4 members (excludes halogenated alkanes) is 4. The summed E-state index contributed by atoms with van der Waals surface area (Å²) in [5.41, 5.74) is -0.724. The van der Waals surface area contributed by atoms with E-state index in [0.29, 0.717) is 0 Å². The minimum absolute atomic E-state index is 0.168. The van der Waals surface area contributed by atoms with E-state index >= 15 is 0 Å². The fourth-order valence-electron chi connectivity index (χ4n) is 2.20. The Kier molecular flexibility index (Phi) is 12.6. The largest absolute Gasteiger partial charge is 0.508 e. The molecule has 0 spiro atoms. The highest BCUT2D eigenvalue weighted by Crippen LogP contribution is 2.24. The zero-order chi connectivity index (χ0) is 16.7. The van der Waals surface area contributed by atoms with E-state index in [2.05, 4.69) is 18.6 Å². The molecule has 0 amide bonds. The molecular weight excluding hydrogens is 280 g/mol. The van der Waals surface area contributed by atoms with E-state index in [1.54, 1.807) is 12.2 Å². The minimum Gasteiger partial charge on any atom is -0.438 e. The van der Waals surface area contributed by atoms with Crippen LogP contribution >= 0.6 is 0 Å². The summed E-state index contributed by atoms with van der Waals surface area (Å²) in [6.07, 6.45) is 14.8. The number of allylic oxidation sites excluding steroid dienone is 2. The van der Waals surface area contributed by atoms with E-state index < -0.39 is 11.8 Å². The fraction of sp³-hybridized carbons (Fsp3) is 0.722. The Balaban J connectivity index is 4.31. The maximum Gasteiger partial charge on any atom is 0.508 e. The molecule has 0 bridgehead atoms. The van der Waals surface area contributed by atoms with Gasteiger partial charge in [0.1, 0.15) is 6.61 Å². The van der Waals surface area contributed by atoms with E-state index in [0.717, 1.165) is 51.4 Å². The van der Waals surface area contributed by atoms with Crippen molar-refractivity contribution in [1.82, 2.24) is 0 Å². The third-order valence-corrected chi connectivity index (χ3v) is 3.54. The van der Waals surface area contributed by atoms with Crippen LogP contribution in [0.1, 0.15) is 65.2 Å². The molecule has 1 N–H and O–H groups in total. The average molecular weight is 312 g/mol. The van der Waals surface area contributed by atoms with Crippen LogP contribution in [0, 0.1) is 0 Å². The summed E-state index contributed by atoms with van der Waals surface area (Å²) in [6, 6.07) is 0. The van der Waals surface area contributed by atoms with Gasteiger partial charge in [-0.25, -0.2) is 4.79 Å². The maximum atomic E-state index is 10.8. The molecule has 0 aromatic rings. The van der Waals surface area contributed by atoms with Gasteiger partial charge in [0, 0.05) is 0 Å². The Morgan fingerprint density at radius 1 is 1.05 bits per heavy atom. The highest BCUT2D eigenvalue weighted by atomic mass is 16.7. The number of aliphatic hydroxyl groups is 1. The van der Waals surface area contributed by atoms with E-state index in [9.17, 15) is 9.90 Å². The van der Waals surface area contributed by atoms with Gasteiger partial charge in [-0.05, 0) is 18.9 Å². The topological polar surface area (TPSA) is 55.8 Å². The standard InChI is InChI=1S/C18H32O4/c1-4-6-9-13-18(20,14-10-7-5-2)15-11-8-12-16-22-17(19)21-3/h8,11-12,15,20H,4-7,9-10,13-14,16H2,1-3H3/b12-8+,15-11-. The van der Waals surface area contributed by atoms with E-state index in [1.807, 2.05) is 12.2 Å². The molecule has 0 aliphatic heterocycles. The van der Waals surface area contributed by atoms with E-state index in [1.165, 1.54) is 7.11 Å². The summed E-state index contributed by atoms with van der Waals surface area (Å²) in [5.74, 6) is 0. The molecule has 22 heavy (non-hydrogen) atoms. The number of hydrogen-bond donors (Lipinski definition) is 1. The first-order chi connectivity index (χ1) is 10.6. The van der Waals surface area contributed by atoms with Crippen LogP contribution in [0.3, 0.4) is 0 Å². The molecule has 0 fully saturated rings. The molecule has 0 aliphatic carbocycles. The highest BCUT2D eigenvalue weighted by Gasteiger charge is 2.21. The summed E-state index contributed by atoms with van der Waals surface area (Å²) >= 11 is 0. The molecule has 0 saturated heterocycles. The van der Waals surface area contributed by atoms with Crippen LogP contribution in [0.4, 0.5) is 4.79 Å². The summed E-state index contributed by atoms with van der Waals surface area (Å²) in [5, 5.41) is 10.7. The molecule has 0 heterocycles. The molecule has 0 aromatic carbocycles. The Morgan fingerprint density at radius 3 is 2.14 bits per heavy atom.